The molecule has 0 radical (unpaired) electrons. The van der Waals surface area contributed by atoms with Gasteiger partial charge in [-0.3, -0.25) is 9.59 Å². The number of nitrogens with two attached hydrogens (primary N) is 1. The average Bonchev–Trinajstić information content (AvgIpc) is 2.37. The summed E-state index contributed by atoms with van der Waals surface area (Å²) < 4.78 is 4.53. The number of methoxy groups -OCH3 is 1. The number of benzene rings is 1. The predicted octanol–water partition coefficient (Wildman–Crippen LogP) is 1.21. The van der Waals surface area contributed by atoms with Crippen molar-refractivity contribution in [2.45, 2.75) is 13.3 Å². The maximum absolute atomic E-state index is 12.0. The Morgan fingerprint density at radius 2 is 2.06 bits per heavy atom. The number of nitrogen functional groups attached to an aromatic ring is 1. The molecule has 0 atom stereocenters. The highest BCUT2D eigenvalue weighted by Crippen LogP contribution is 2.14. The zero-order valence-electron chi connectivity index (χ0n) is 10.9. The summed E-state index contributed by atoms with van der Waals surface area (Å²) in [5, 5.41) is 0. The Labute approximate surface area is 107 Å². The third kappa shape index (κ3) is 3.48. The Balaban J connectivity index is 2.68. The Kier molecular flexibility index (Phi) is 4.71. The van der Waals surface area contributed by atoms with Crippen LogP contribution in [0.15, 0.2) is 18.2 Å². The van der Waals surface area contributed by atoms with Gasteiger partial charge >= 0.3 is 5.97 Å². The molecule has 0 saturated heterocycles. The molecule has 98 valence electrons. The van der Waals surface area contributed by atoms with Crippen LogP contribution >= 0.6 is 0 Å². The predicted molar refractivity (Wildman–Crippen MR) is 69.2 cm³/mol. The second-order valence-electron chi connectivity index (χ2n) is 4.12. The molecule has 18 heavy (non-hydrogen) atoms. The van der Waals surface area contributed by atoms with Gasteiger partial charge in [0.2, 0.25) is 0 Å². The number of esters is 1. The van der Waals surface area contributed by atoms with E-state index in [2.05, 4.69) is 4.74 Å². The minimum absolute atomic E-state index is 0.137. The Hall–Kier alpha value is -2.04. The Morgan fingerprint density at radius 3 is 2.61 bits per heavy atom. The van der Waals surface area contributed by atoms with Crippen molar-refractivity contribution >= 4 is 17.6 Å². The van der Waals surface area contributed by atoms with Gasteiger partial charge < -0.3 is 15.4 Å². The number of hydrogen-bond acceptors (Lipinski definition) is 4. The van der Waals surface area contributed by atoms with Gasteiger partial charge in [-0.25, -0.2) is 0 Å². The first-order valence-electron chi connectivity index (χ1n) is 5.64. The number of ether oxygens (including phenoxy) is 1. The summed E-state index contributed by atoms with van der Waals surface area (Å²) in [6.45, 7) is 2.18. The van der Waals surface area contributed by atoms with E-state index >= 15 is 0 Å². The van der Waals surface area contributed by atoms with Crippen molar-refractivity contribution in [2.75, 3.05) is 26.4 Å². The van der Waals surface area contributed by atoms with Crippen LogP contribution in [0.3, 0.4) is 0 Å². The maximum atomic E-state index is 12.0. The number of nitrogens with zero attached hydrogens (tertiary/aromatic N) is 1. The van der Waals surface area contributed by atoms with Crippen LogP contribution in [0.2, 0.25) is 0 Å². The average molecular weight is 250 g/mol. The van der Waals surface area contributed by atoms with E-state index in [9.17, 15) is 9.59 Å². The summed E-state index contributed by atoms with van der Waals surface area (Å²) in [7, 11) is 2.98. The van der Waals surface area contributed by atoms with E-state index in [4.69, 9.17) is 5.73 Å². The molecule has 0 heterocycles. The normalized spacial score (nSPS) is 9.94. The van der Waals surface area contributed by atoms with Crippen molar-refractivity contribution < 1.29 is 14.3 Å². The van der Waals surface area contributed by atoms with Crippen molar-refractivity contribution in [1.29, 1.82) is 0 Å². The summed E-state index contributed by atoms with van der Waals surface area (Å²) in [4.78, 5) is 24.5. The standard InChI is InChI=1S/C13H18N2O3/c1-9-8-10(4-5-11(9)14)13(17)15(2)7-6-12(16)18-3/h4-5,8H,6-7,14H2,1-3H3. The minimum Gasteiger partial charge on any atom is -0.469 e. The van der Waals surface area contributed by atoms with Crippen LogP contribution in [-0.4, -0.2) is 37.5 Å². The van der Waals surface area contributed by atoms with Gasteiger partial charge in [-0.2, -0.15) is 0 Å². The summed E-state index contributed by atoms with van der Waals surface area (Å²) in [5.41, 5.74) is 7.78. The van der Waals surface area contributed by atoms with Crippen LogP contribution in [0.4, 0.5) is 5.69 Å². The van der Waals surface area contributed by atoms with Crippen LogP contribution in [0, 0.1) is 6.92 Å². The van der Waals surface area contributed by atoms with E-state index in [1.807, 2.05) is 6.92 Å². The van der Waals surface area contributed by atoms with Crippen molar-refractivity contribution in [3.05, 3.63) is 29.3 Å². The molecular weight excluding hydrogens is 232 g/mol. The molecule has 0 bridgehead atoms. The highest BCUT2D eigenvalue weighted by atomic mass is 16.5. The van der Waals surface area contributed by atoms with Gasteiger partial charge in [-0.05, 0) is 30.7 Å². The third-order valence-electron chi connectivity index (χ3n) is 2.74. The lowest BCUT2D eigenvalue weighted by Crippen LogP contribution is -2.29. The largest absolute Gasteiger partial charge is 0.469 e. The van der Waals surface area contributed by atoms with E-state index in [0.717, 1.165) is 5.56 Å². The van der Waals surface area contributed by atoms with Gasteiger partial charge in [0, 0.05) is 24.8 Å². The van der Waals surface area contributed by atoms with E-state index in [1.54, 1.807) is 25.2 Å². The minimum atomic E-state index is -0.330. The number of rotatable bonds is 4. The van der Waals surface area contributed by atoms with Gasteiger partial charge in [-0.15, -0.1) is 0 Å². The molecular formula is C13H18N2O3. The second kappa shape index (κ2) is 6.05. The van der Waals surface area contributed by atoms with Crippen molar-refractivity contribution in [3.63, 3.8) is 0 Å². The van der Waals surface area contributed by atoms with Crippen LogP contribution in [0.1, 0.15) is 22.3 Å². The quantitative estimate of drug-likeness (QED) is 0.644. The zero-order valence-corrected chi connectivity index (χ0v) is 10.9. The lowest BCUT2D eigenvalue weighted by molar-refractivity contribution is -0.140. The first kappa shape index (κ1) is 14.0. The molecule has 1 aromatic rings. The fourth-order valence-corrected chi connectivity index (χ4v) is 1.49. The number of amides is 1. The van der Waals surface area contributed by atoms with Crippen LogP contribution < -0.4 is 5.73 Å². The highest BCUT2D eigenvalue weighted by Gasteiger charge is 2.13. The van der Waals surface area contributed by atoms with E-state index in [-0.39, 0.29) is 18.3 Å². The van der Waals surface area contributed by atoms with Crippen molar-refractivity contribution in [1.82, 2.24) is 4.90 Å². The lowest BCUT2D eigenvalue weighted by atomic mass is 10.1. The molecule has 0 aliphatic rings. The molecule has 0 spiro atoms. The topological polar surface area (TPSA) is 72.6 Å². The second-order valence-corrected chi connectivity index (χ2v) is 4.12. The van der Waals surface area contributed by atoms with E-state index in [1.165, 1.54) is 12.0 Å². The Bertz CT molecular complexity index is 458. The first-order valence-corrected chi connectivity index (χ1v) is 5.64. The Morgan fingerprint density at radius 1 is 1.39 bits per heavy atom. The highest BCUT2D eigenvalue weighted by molar-refractivity contribution is 5.94. The summed E-state index contributed by atoms with van der Waals surface area (Å²) in [6.07, 6.45) is 0.187. The molecule has 1 amide bonds. The van der Waals surface area contributed by atoms with Gasteiger partial charge in [0.25, 0.3) is 5.91 Å². The van der Waals surface area contributed by atoms with E-state index < -0.39 is 0 Å². The number of anilines is 1. The van der Waals surface area contributed by atoms with Crippen LogP contribution in [0.5, 0.6) is 0 Å². The fourth-order valence-electron chi connectivity index (χ4n) is 1.49. The molecule has 0 unspecified atom stereocenters. The molecule has 0 fully saturated rings. The van der Waals surface area contributed by atoms with Gasteiger partial charge in [-0.1, -0.05) is 0 Å². The first-order chi connectivity index (χ1) is 8.45. The molecule has 2 N–H and O–H groups in total. The fraction of sp³-hybridized carbons (Fsp3) is 0.385. The maximum Gasteiger partial charge on any atom is 0.307 e. The summed E-state index contributed by atoms with van der Waals surface area (Å²) in [5.74, 6) is -0.467. The summed E-state index contributed by atoms with van der Waals surface area (Å²) in [6, 6.07) is 5.13. The number of carbonyl (C=O) groups is 2. The molecule has 5 nitrogen and oxygen atoms in total. The van der Waals surface area contributed by atoms with Gasteiger partial charge in [0.05, 0.1) is 13.5 Å². The van der Waals surface area contributed by atoms with Crippen molar-refractivity contribution in [3.8, 4) is 0 Å². The van der Waals surface area contributed by atoms with Crippen LogP contribution in [-0.2, 0) is 9.53 Å². The molecule has 0 saturated carbocycles. The molecule has 5 heteroatoms. The molecule has 0 aliphatic heterocycles. The zero-order chi connectivity index (χ0) is 13.7. The monoisotopic (exact) mass is 250 g/mol. The third-order valence-corrected chi connectivity index (χ3v) is 2.74. The number of aryl methyl sites for hydroxylation is 1. The van der Waals surface area contributed by atoms with E-state index in [0.29, 0.717) is 17.8 Å². The number of carbonyl (C=O) groups excluding carboxylic acids is 2. The van der Waals surface area contributed by atoms with Crippen molar-refractivity contribution in [2.24, 2.45) is 0 Å². The van der Waals surface area contributed by atoms with Crippen LogP contribution in [0.25, 0.3) is 0 Å². The SMILES string of the molecule is COC(=O)CCN(C)C(=O)c1ccc(N)c(C)c1. The van der Waals surface area contributed by atoms with Gasteiger partial charge in [0.15, 0.2) is 0 Å². The smallest absolute Gasteiger partial charge is 0.307 e. The molecule has 1 rings (SSSR count). The molecule has 0 aliphatic carbocycles. The lowest BCUT2D eigenvalue weighted by Gasteiger charge is -2.17. The molecule has 1 aromatic carbocycles. The number of hydrogen-bond donors (Lipinski definition) is 1. The van der Waals surface area contributed by atoms with Gasteiger partial charge in [0.1, 0.15) is 0 Å². The molecule has 0 aromatic heterocycles. The summed E-state index contributed by atoms with van der Waals surface area (Å²) >= 11 is 0.